The lowest BCUT2D eigenvalue weighted by molar-refractivity contribution is 0.254. The van der Waals surface area contributed by atoms with Gasteiger partial charge in [-0.3, -0.25) is 4.99 Å². The van der Waals surface area contributed by atoms with Crippen LogP contribution >= 0.6 is 24.0 Å². The van der Waals surface area contributed by atoms with Crippen LogP contribution in [0.3, 0.4) is 0 Å². The highest BCUT2D eigenvalue weighted by Crippen LogP contribution is 2.32. The molecule has 3 N–H and O–H groups in total. The van der Waals surface area contributed by atoms with Crippen molar-refractivity contribution in [3.05, 3.63) is 53.6 Å². The van der Waals surface area contributed by atoms with Crippen molar-refractivity contribution in [2.24, 2.45) is 4.99 Å². The highest BCUT2D eigenvalue weighted by molar-refractivity contribution is 14.0. The van der Waals surface area contributed by atoms with Gasteiger partial charge < -0.3 is 20.5 Å². The lowest BCUT2D eigenvalue weighted by Crippen LogP contribution is -2.40. The summed E-state index contributed by atoms with van der Waals surface area (Å²) in [6.45, 7) is 3.54. The lowest BCUT2D eigenvalue weighted by Gasteiger charge is -2.11. The minimum atomic E-state index is 0. The maximum Gasteiger partial charge on any atom is 0.191 e. The van der Waals surface area contributed by atoms with Gasteiger partial charge in [0.1, 0.15) is 11.9 Å². The summed E-state index contributed by atoms with van der Waals surface area (Å²) in [5, 5.41) is 15.5. The molecule has 0 spiro atoms. The van der Waals surface area contributed by atoms with Crippen molar-refractivity contribution in [2.45, 2.75) is 32.0 Å². The fourth-order valence-electron chi connectivity index (χ4n) is 3.30. The Kier molecular flexibility index (Phi) is 6.03. The van der Waals surface area contributed by atoms with Gasteiger partial charge in [-0.15, -0.1) is 24.0 Å². The number of aliphatic imine (C=N–C) groups is 1. The maximum atomic E-state index is 9.11. The highest BCUT2D eigenvalue weighted by Gasteiger charge is 2.19. The molecule has 4 rings (SSSR count). The molecule has 0 fully saturated rings. The zero-order valence-corrected chi connectivity index (χ0v) is 17.1. The molecule has 0 aromatic heterocycles. The van der Waals surface area contributed by atoms with Crippen LogP contribution in [0.1, 0.15) is 18.1 Å². The number of hydrogen-bond donors (Lipinski definition) is 3. The van der Waals surface area contributed by atoms with Crippen molar-refractivity contribution in [2.75, 3.05) is 13.2 Å². The zero-order valence-electron chi connectivity index (χ0n) is 14.7. The van der Waals surface area contributed by atoms with Crippen LogP contribution in [0.15, 0.2) is 47.5 Å². The number of hydrogen-bond acceptors (Lipinski definition) is 5. The van der Waals surface area contributed by atoms with E-state index in [4.69, 9.17) is 9.84 Å². The molecule has 0 radical (unpaired) electrons. The van der Waals surface area contributed by atoms with Crippen LogP contribution in [-0.2, 0) is 13.0 Å². The summed E-state index contributed by atoms with van der Waals surface area (Å²) in [6.07, 6.45) is 1.26. The minimum Gasteiger partial charge on any atom is -0.490 e. The number of halogens is 1. The number of aliphatic hydroxyl groups excluding tert-OH is 1. The van der Waals surface area contributed by atoms with E-state index in [2.05, 4.69) is 65.0 Å². The molecular weight excluding hydrogens is 441 g/mol. The van der Waals surface area contributed by atoms with Gasteiger partial charge in [-0.25, -0.2) is 0 Å². The van der Waals surface area contributed by atoms with E-state index < -0.39 is 0 Å². The Morgan fingerprint density at radius 1 is 1.19 bits per heavy atom. The second-order valence-corrected chi connectivity index (χ2v) is 6.72. The van der Waals surface area contributed by atoms with Crippen molar-refractivity contribution in [1.29, 1.82) is 0 Å². The Balaban J connectivity index is 0.00000196. The standard InChI is InChI=1S/C20H23N3O2.HI/c1-13-8-17-9-16(6-7-19(17)25-13)15-4-2-14(3-5-15)10-21-20-22-11-18(12-24)23-20;/h2-7,9,13,18,24H,8,10-12H2,1H3,(H2,21,22,23);1H/t13?,18-;/m0./s1. The predicted molar refractivity (Wildman–Crippen MR) is 114 cm³/mol. The molecule has 0 aliphatic carbocycles. The summed E-state index contributed by atoms with van der Waals surface area (Å²) in [5.74, 6) is 1.78. The summed E-state index contributed by atoms with van der Waals surface area (Å²) in [5.41, 5.74) is 4.92. The second-order valence-electron chi connectivity index (χ2n) is 6.72. The molecule has 2 aromatic carbocycles. The summed E-state index contributed by atoms with van der Waals surface area (Å²) < 4.78 is 5.77. The number of fused-ring (bicyclic) bond motifs is 1. The van der Waals surface area contributed by atoms with Crippen molar-refractivity contribution >= 4 is 29.9 Å². The molecule has 5 nitrogen and oxygen atoms in total. The van der Waals surface area contributed by atoms with Gasteiger partial charge >= 0.3 is 0 Å². The summed E-state index contributed by atoms with van der Waals surface area (Å²) in [6, 6.07) is 15.0. The van der Waals surface area contributed by atoms with E-state index >= 15 is 0 Å². The topological polar surface area (TPSA) is 65.9 Å². The number of benzene rings is 2. The Labute approximate surface area is 170 Å². The van der Waals surface area contributed by atoms with Crippen LogP contribution in [0.2, 0.25) is 0 Å². The molecular formula is C20H24IN3O2. The average Bonchev–Trinajstić information content (AvgIpc) is 3.24. The monoisotopic (exact) mass is 465 g/mol. The first-order valence-electron chi connectivity index (χ1n) is 8.76. The quantitative estimate of drug-likeness (QED) is 0.608. The molecule has 0 bridgehead atoms. The fraction of sp³-hybridized carbons (Fsp3) is 0.350. The molecule has 2 aliphatic rings. The van der Waals surface area contributed by atoms with Gasteiger partial charge in [0.05, 0.1) is 19.2 Å². The first kappa shape index (κ1) is 19.0. The van der Waals surface area contributed by atoms with Gasteiger partial charge in [-0.1, -0.05) is 30.3 Å². The fourth-order valence-corrected chi connectivity index (χ4v) is 3.30. The molecule has 138 valence electrons. The van der Waals surface area contributed by atoms with Crippen molar-refractivity contribution in [3.8, 4) is 16.9 Å². The number of aliphatic hydroxyl groups is 1. The van der Waals surface area contributed by atoms with Crippen molar-refractivity contribution in [1.82, 2.24) is 10.6 Å². The maximum absolute atomic E-state index is 9.11. The van der Waals surface area contributed by atoms with Gasteiger partial charge in [0.25, 0.3) is 0 Å². The van der Waals surface area contributed by atoms with E-state index in [1.807, 2.05) is 0 Å². The van der Waals surface area contributed by atoms with Crippen LogP contribution in [-0.4, -0.2) is 36.4 Å². The van der Waals surface area contributed by atoms with Crippen LogP contribution in [0.4, 0.5) is 0 Å². The third-order valence-electron chi connectivity index (χ3n) is 4.67. The molecule has 0 saturated heterocycles. The van der Waals surface area contributed by atoms with Crippen molar-refractivity contribution < 1.29 is 9.84 Å². The molecule has 0 saturated carbocycles. The molecule has 0 amide bonds. The zero-order chi connectivity index (χ0) is 17.2. The molecule has 6 heteroatoms. The van der Waals surface area contributed by atoms with E-state index in [0.717, 1.165) is 18.1 Å². The van der Waals surface area contributed by atoms with Crippen molar-refractivity contribution in [3.63, 3.8) is 0 Å². The van der Waals surface area contributed by atoms with E-state index in [-0.39, 0.29) is 42.7 Å². The third kappa shape index (κ3) is 4.12. The van der Waals surface area contributed by atoms with E-state index in [9.17, 15) is 0 Å². The number of rotatable bonds is 4. The van der Waals surface area contributed by atoms with Gasteiger partial charge in [-0.2, -0.15) is 0 Å². The Hall–Kier alpha value is -1.80. The average molecular weight is 465 g/mol. The molecule has 2 atom stereocenters. The number of nitrogens with one attached hydrogen (secondary N) is 2. The van der Waals surface area contributed by atoms with Crippen LogP contribution in [0, 0.1) is 0 Å². The molecule has 2 aliphatic heterocycles. The smallest absolute Gasteiger partial charge is 0.191 e. The molecule has 1 unspecified atom stereocenters. The highest BCUT2D eigenvalue weighted by atomic mass is 127. The van der Waals surface area contributed by atoms with Gasteiger partial charge in [0, 0.05) is 13.0 Å². The van der Waals surface area contributed by atoms with Crippen LogP contribution in [0.5, 0.6) is 5.75 Å². The minimum absolute atomic E-state index is 0. The number of nitrogens with zero attached hydrogens (tertiary/aromatic N) is 1. The Bertz CT molecular complexity index is 792. The van der Waals surface area contributed by atoms with Gasteiger partial charge in [-0.05, 0) is 41.3 Å². The number of ether oxygens (including phenoxy) is 1. The number of guanidine groups is 1. The summed E-state index contributed by atoms with van der Waals surface area (Å²) in [4.78, 5) is 4.33. The van der Waals surface area contributed by atoms with E-state index in [0.29, 0.717) is 13.1 Å². The summed E-state index contributed by atoms with van der Waals surface area (Å²) in [7, 11) is 0. The Morgan fingerprint density at radius 2 is 1.96 bits per heavy atom. The van der Waals surface area contributed by atoms with Gasteiger partial charge in [0.2, 0.25) is 0 Å². The summed E-state index contributed by atoms with van der Waals surface area (Å²) >= 11 is 0. The normalized spacial score (nSPS) is 20.5. The third-order valence-corrected chi connectivity index (χ3v) is 4.67. The predicted octanol–water partition coefficient (Wildman–Crippen LogP) is 2.70. The van der Waals surface area contributed by atoms with E-state index in [1.54, 1.807) is 0 Å². The second kappa shape index (κ2) is 8.26. The van der Waals surface area contributed by atoms with Gasteiger partial charge in [0.15, 0.2) is 5.96 Å². The lowest BCUT2D eigenvalue weighted by atomic mass is 10.00. The molecule has 2 aromatic rings. The van der Waals surface area contributed by atoms with E-state index in [1.165, 1.54) is 22.3 Å². The van der Waals surface area contributed by atoms with Crippen LogP contribution < -0.4 is 15.4 Å². The van der Waals surface area contributed by atoms with Crippen LogP contribution in [0.25, 0.3) is 11.1 Å². The largest absolute Gasteiger partial charge is 0.490 e. The first-order chi connectivity index (χ1) is 12.2. The SMILES string of the molecule is CC1Cc2cc(-c3ccc(CNC4=NC[C@@H](CO)N4)cc3)ccc2O1.I. The Morgan fingerprint density at radius 3 is 2.69 bits per heavy atom. The molecule has 26 heavy (non-hydrogen) atoms. The molecule has 2 heterocycles. The first-order valence-corrected chi connectivity index (χ1v) is 8.76.